The van der Waals surface area contributed by atoms with Gasteiger partial charge in [0.15, 0.2) is 0 Å². The summed E-state index contributed by atoms with van der Waals surface area (Å²) in [6, 6.07) is 11.7. The molecule has 1 aromatic carbocycles. The number of carboxylic acid groups (broad SMARTS) is 1. The fraction of sp³-hybridized carbons (Fsp3) is 0.348. The van der Waals surface area contributed by atoms with Crippen molar-refractivity contribution in [2.45, 2.75) is 12.8 Å². The third kappa shape index (κ3) is 2.91. The highest BCUT2D eigenvalue weighted by atomic mass is 16.4. The average Bonchev–Trinajstić information content (AvgIpc) is 3.52. The van der Waals surface area contributed by atoms with Crippen LogP contribution in [0.1, 0.15) is 17.5 Å². The molecule has 0 unspecified atom stereocenters. The lowest BCUT2D eigenvalue weighted by molar-refractivity contribution is -0.152. The summed E-state index contributed by atoms with van der Waals surface area (Å²) < 4.78 is 0. The number of hydrogen-bond donors (Lipinski definition) is 2. The SMILES string of the molecule is O=C(O)[C@@H]1[C@H]2C=C[C@@H]([C@@H]3C[C@H]23)[C@H]1C(=O)Nc1ccc(Cc2ccncc2)cc1. The molecule has 0 aliphatic heterocycles. The predicted octanol–water partition coefficient (Wildman–Crippen LogP) is 3.38. The van der Waals surface area contributed by atoms with E-state index in [9.17, 15) is 14.7 Å². The van der Waals surface area contributed by atoms with Gasteiger partial charge in [-0.25, -0.2) is 0 Å². The number of aliphatic carboxylic acids is 1. The first kappa shape index (κ1) is 17.2. The highest BCUT2D eigenvalue weighted by Gasteiger charge is 2.62. The number of carbonyl (C=O) groups is 2. The first-order chi connectivity index (χ1) is 13.6. The molecule has 6 atom stereocenters. The van der Waals surface area contributed by atoms with Gasteiger partial charge in [0, 0.05) is 18.1 Å². The Hall–Kier alpha value is -2.95. The van der Waals surface area contributed by atoms with E-state index in [1.807, 2.05) is 42.5 Å². The Balaban J connectivity index is 1.30. The van der Waals surface area contributed by atoms with Crippen LogP contribution in [-0.2, 0) is 16.0 Å². The van der Waals surface area contributed by atoms with Crippen LogP contribution < -0.4 is 5.32 Å². The molecule has 0 radical (unpaired) electrons. The molecule has 5 heteroatoms. The molecule has 2 bridgehead atoms. The fourth-order valence-electron chi connectivity index (χ4n) is 5.24. The van der Waals surface area contributed by atoms with E-state index in [2.05, 4.69) is 16.4 Å². The van der Waals surface area contributed by atoms with Crippen LogP contribution in [0.25, 0.3) is 0 Å². The molecule has 2 aromatic rings. The van der Waals surface area contributed by atoms with Gasteiger partial charge in [0.1, 0.15) is 0 Å². The largest absolute Gasteiger partial charge is 0.481 e. The molecule has 0 spiro atoms. The normalized spacial score (nSPS) is 31.9. The van der Waals surface area contributed by atoms with E-state index in [4.69, 9.17) is 0 Å². The number of rotatable bonds is 5. The number of carbonyl (C=O) groups excluding carboxylic acids is 1. The first-order valence-corrected chi connectivity index (χ1v) is 9.81. The summed E-state index contributed by atoms with van der Waals surface area (Å²) in [5.41, 5.74) is 3.04. The number of carboxylic acids is 1. The van der Waals surface area contributed by atoms with Gasteiger partial charge in [0.05, 0.1) is 11.8 Å². The van der Waals surface area contributed by atoms with Crippen LogP contribution in [0, 0.1) is 35.5 Å². The van der Waals surface area contributed by atoms with Crippen molar-refractivity contribution >= 4 is 17.6 Å². The maximum absolute atomic E-state index is 13.0. The van der Waals surface area contributed by atoms with Gasteiger partial charge in [-0.15, -0.1) is 0 Å². The number of fused-ring (bicyclic) bond motifs is 1. The van der Waals surface area contributed by atoms with E-state index in [1.54, 1.807) is 12.4 Å². The summed E-state index contributed by atoms with van der Waals surface area (Å²) in [6.07, 6.45) is 9.53. The number of nitrogens with one attached hydrogen (secondary N) is 1. The summed E-state index contributed by atoms with van der Waals surface area (Å²) in [4.78, 5) is 28.9. The molecule has 1 heterocycles. The summed E-state index contributed by atoms with van der Waals surface area (Å²) >= 11 is 0. The van der Waals surface area contributed by atoms with E-state index in [0.29, 0.717) is 17.5 Å². The van der Waals surface area contributed by atoms with E-state index in [1.165, 1.54) is 5.56 Å². The van der Waals surface area contributed by atoms with Crippen LogP contribution in [0.15, 0.2) is 60.9 Å². The molecule has 142 valence electrons. The Kier molecular flexibility index (Phi) is 4.04. The zero-order valence-corrected chi connectivity index (χ0v) is 15.4. The maximum atomic E-state index is 13.0. The van der Waals surface area contributed by atoms with Gasteiger partial charge < -0.3 is 10.4 Å². The topological polar surface area (TPSA) is 79.3 Å². The van der Waals surface area contributed by atoms with E-state index >= 15 is 0 Å². The molecule has 4 aliphatic rings. The Morgan fingerprint density at radius 3 is 2.18 bits per heavy atom. The van der Waals surface area contributed by atoms with E-state index in [0.717, 1.165) is 18.4 Å². The minimum Gasteiger partial charge on any atom is -0.481 e. The number of nitrogens with zero attached hydrogens (tertiary/aromatic N) is 1. The number of aromatic nitrogens is 1. The molecule has 2 fully saturated rings. The molecule has 0 saturated heterocycles. The van der Waals surface area contributed by atoms with Gasteiger partial charge >= 0.3 is 5.97 Å². The minimum absolute atomic E-state index is 0.00554. The second-order valence-corrected chi connectivity index (χ2v) is 8.21. The van der Waals surface area contributed by atoms with Crippen LogP contribution in [0.2, 0.25) is 0 Å². The zero-order valence-electron chi connectivity index (χ0n) is 15.4. The van der Waals surface area contributed by atoms with Gasteiger partial charge in [-0.05, 0) is 71.9 Å². The van der Waals surface area contributed by atoms with Crippen LogP contribution in [0.3, 0.4) is 0 Å². The number of benzene rings is 1. The Labute approximate surface area is 163 Å². The van der Waals surface area contributed by atoms with Gasteiger partial charge in [-0.1, -0.05) is 24.3 Å². The minimum atomic E-state index is -0.849. The van der Waals surface area contributed by atoms with Crippen molar-refractivity contribution in [3.05, 3.63) is 72.1 Å². The summed E-state index contributed by atoms with van der Waals surface area (Å²) in [6.45, 7) is 0. The average molecular weight is 374 g/mol. The van der Waals surface area contributed by atoms with E-state index in [-0.39, 0.29) is 17.7 Å². The number of hydrogen-bond acceptors (Lipinski definition) is 3. The van der Waals surface area contributed by atoms with Crippen molar-refractivity contribution in [1.82, 2.24) is 4.98 Å². The molecule has 28 heavy (non-hydrogen) atoms. The first-order valence-electron chi connectivity index (χ1n) is 9.81. The van der Waals surface area contributed by atoms with Crippen LogP contribution in [-0.4, -0.2) is 22.0 Å². The van der Waals surface area contributed by atoms with E-state index < -0.39 is 17.8 Å². The highest BCUT2D eigenvalue weighted by molar-refractivity contribution is 5.96. The molecule has 2 N–H and O–H groups in total. The highest BCUT2D eigenvalue weighted by Crippen LogP contribution is 2.63. The van der Waals surface area contributed by atoms with Crippen molar-refractivity contribution < 1.29 is 14.7 Å². The van der Waals surface area contributed by atoms with Gasteiger partial charge in [-0.3, -0.25) is 14.6 Å². The Morgan fingerprint density at radius 1 is 0.929 bits per heavy atom. The van der Waals surface area contributed by atoms with Crippen molar-refractivity contribution in [3.63, 3.8) is 0 Å². The smallest absolute Gasteiger partial charge is 0.307 e. The standard InChI is InChI=1S/C23H22N2O3/c26-22(20-16-5-6-17(19-12-18(16)19)21(20)23(27)28)25-15-3-1-13(2-4-15)11-14-7-9-24-10-8-14/h1-10,16-21H,11-12H2,(H,25,26)(H,27,28)/t16-,17-,18-,19+,20+,21+/m0/s1. The van der Waals surface area contributed by atoms with Gasteiger partial charge in [0.25, 0.3) is 0 Å². The number of pyridine rings is 1. The summed E-state index contributed by atoms with van der Waals surface area (Å²) in [7, 11) is 0. The van der Waals surface area contributed by atoms with Crippen LogP contribution in [0.5, 0.6) is 0 Å². The molecular formula is C23H22N2O3. The van der Waals surface area contributed by atoms with Crippen LogP contribution in [0.4, 0.5) is 5.69 Å². The van der Waals surface area contributed by atoms with Crippen molar-refractivity contribution in [2.75, 3.05) is 5.32 Å². The summed E-state index contributed by atoms with van der Waals surface area (Å²) in [5, 5.41) is 12.7. The molecule has 1 amide bonds. The molecule has 1 aromatic heterocycles. The van der Waals surface area contributed by atoms with Crippen molar-refractivity contribution in [1.29, 1.82) is 0 Å². The lowest BCUT2D eigenvalue weighted by Crippen LogP contribution is -2.48. The van der Waals surface area contributed by atoms with Crippen molar-refractivity contribution in [2.24, 2.45) is 35.5 Å². The molecule has 5 nitrogen and oxygen atoms in total. The third-order valence-corrected chi connectivity index (χ3v) is 6.62. The fourth-order valence-corrected chi connectivity index (χ4v) is 5.24. The van der Waals surface area contributed by atoms with Gasteiger partial charge in [-0.2, -0.15) is 0 Å². The number of allylic oxidation sites excluding steroid dienone is 2. The zero-order chi connectivity index (χ0) is 19.3. The molecule has 2 saturated carbocycles. The molecule has 6 rings (SSSR count). The second kappa shape index (κ2) is 6.59. The Bertz CT molecular complexity index is 938. The lowest BCUT2D eigenvalue weighted by Gasteiger charge is -2.41. The third-order valence-electron chi connectivity index (χ3n) is 6.62. The monoisotopic (exact) mass is 374 g/mol. The van der Waals surface area contributed by atoms with Crippen LogP contribution >= 0.6 is 0 Å². The quantitative estimate of drug-likeness (QED) is 0.787. The summed E-state index contributed by atoms with van der Waals surface area (Å²) in [5.74, 6) is -1.08. The molecular weight excluding hydrogens is 352 g/mol. The molecule has 4 aliphatic carbocycles. The lowest BCUT2D eigenvalue weighted by atomic mass is 9.62. The van der Waals surface area contributed by atoms with Gasteiger partial charge in [0.2, 0.25) is 5.91 Å². The maximum Gasteiger partial charge on any atom is 0.307 e. The number of amides is 1. The van der Waals surface area contributed by atoms with Crippen molar-refractivity contribution in [3.8, 4) is 0 Å². The predicted molar refractivity (Wildman–Crippen MR) is 104 cm³/mol. The Morgan fingerprint density at radius 2 is 1.54 bits per heavy atom. The number of anilines is 1. The second-order valence-electron chi connectivity index (χ2n) is 8.21.